The lowest BCUT2D eigenvalue weighted by Gasteiger charge is -2.24. The van der Waals surface area contributed by atoms with Crippen molar-refractivity contribution in [3.63, 3.8) is 0 Å². The van der Waals surface area contributed by atoms with Crippen LogP contribution in [-0.2, 0) is 11.2 Å². The van der Waals surface area contributed by atoms with Gasteiger partial charge in [0.05, 0.1) is 24.7 Å². The summed E-state index contributed by atoms with van der Waals surface area (Å²) in [6, 6.07) is 9.74. The van der Waals surface area contributed by atoms with Crippen LogP contribution in [0.2, 0.25) is 0 Å². The van der Waals surface area contributed by atoms with Gasteiger partial charge in [0.1, 0.15) is 15.8 Å². The van der Waals surface area contributed by atoms with Crippen molar-refractivity contribution < 1.29 is 14.3 Å². The summed E-state index contributed by atoms with van der Waals surface area (Å²) in [4.78, 5) is 33.9. The van der Waals surface area contributed by atoms with Crippen LogP contribution in [0.4, 0.5) is 5.82 Å². The van der Waals surface area contributed by atoms with Gasteiger partial charge in [-0.15, -0.1) is 0 Å². The summed E-state index contributed by atoms with van der Waals surface area (Å²) < 4.78 is 12.7. The molecule has 3 heterocycles. The Morgan fingerprint density at radius 3 is 2.62 bits per heavy atom. The number of pyridine rings is 1. The number of nitrogens with zero attached hydrogens (tertiary/aromatic N) is 3. The molecule has 1 aromatic carbocycles. The number of methoxy groups -OCH3 is 2. The summed E-state index contributed by atoms with van der Waals surface area (Å²) in [6.45, 7) is 2.35. The Morgan fingerprint density at radius 2 is 1.87 bits per heavy atom. The topological polar surface area (TPSA) is 85.2 Å². The van der Waals surface area contributed by atoms with Crippen LogP contribution in [0.3, 0.4) is 0 Å². The Labute approximate surface area is 237 Å². The number of ether oxygens (including phenoxy) is 2. The molecule has 0 radical (unpaired) electrons. The molecular weight excluding hydrogens is 532 g/mol. The molecule has 39 heavy (non-hydrogen) atoms. The van der Waals surface area contributed by atoms with Crippen LogP contribution in [0.15, 0.2) is 46.2 Å². The third-order valence-electron chi connectivity index (χ3n) is 7.17. The van der Waals surface area contributed by atoms with Gasteiger partial charge in [-0.25, -0.2) is 4.98 Å². The molecule has 0 unspecified atom stereocenters. The maximum absolute atomic E-state index is 13.7. The smallest absolute Gasteiger partial charge is 0.267 e. The molecule has 1 aliphatic carbocycles. The Morgan fingerprint density at radius 1 is 1.10 bits per heavy atom. The zero-order valence-electron chi connectivity index (χ0n) is 22.4. The second kappa shape index (κ2) is 11.8. The van der Waals surface area contributed by atoms with Crippen LogP contribution in [0, 0.1) is 6.92 Å². The van der Waals surface area contributed by atoms with E-state index in [-0.39, 0.29) is 17.5 Å². The molecule has 2 fully saturated rings. The van der Waals surface area contributed by atoms with Gasteiger partial charge in [-0.2, -0.15) is 0 Å². The van der Waals surface area contributed by atoms with Gasteiger partial charge >= 0.3 is 0 Å². The number of hydrogen-bond acceptors (Lipinski definition) is 8. The second-order valence-electron chi connectivity index (χ2n) is 9.87. The van der Waals surface area contributed by atoms with E-state index < -0.39 is 0 Å². The van der Waals surface area contributed by atoms with E-state index >= 15 is 0 Å². The Hall–Kier alpha value is -3.37. The number of thioether (sulfide) groups is 1. The number of benzene rings is 1. The lowest BCUT2D eigenvalue weighted by molar-refractivity contribution is -0.122. The molecule has 1 aliphatic heterocycles. The minimum absolute atomic E-state index is 0.206. The van der Waals surface area contributed by atoms with E-state index in [2.05, 4.69) is 5.32 Å². The molecule has 1 saturated carbocycles. The first kappa shape index (κ1) is 27.2. The molecule has 8 nitrogen and oxygen atoms in total. The number of anilines is 1. The van der Waals surface area contributed by atoms with Crippen LogP contribution in [0.25, 0.3) is 11.7 Å². The predicted octanol–water partition coefficient (Wildman–Crippen LogP) is 5.21. The van der Waals surface area contributed by atoms with Crippen molar-refractivity contribution in [3.05, 3.63) is 68.5 Å². The van der Waals surface area contributed by atoms with E-state index in [0.29, 0.717) is 50.7 Å². The average molecular weight is 565 g/mol. The third kappa shape index (κ3) is 5.81. The molecule has 1 amide bonds. The summed E-state index contributed by atoms with van der Waals surface area (Å²) in [7, 11) is 3.19. The fourth-order valence-electron chi connectivity index (χ4n) is 5.04. The monoisotopic (exact) mass is 564 g/mol. The molecule has 2 aromatic heterocycles. The van der Waals surface area contributed by atoms with Crippen LogP contribution in [0.5, 0.6) is 11.5 Å². The van der Waals surface area contributed by atoms with Crippen LogP contribution < -0.4 is 20.3 Å². The second-order valence-corrected chi connectivity index (χ2v) is 11.5. The quantitative estimate of drug-likeness (QED) is 0.295. The minimum Gasteiger partial charge on any atom is -0.493 e. The number of thiocarbonyl (C=S) groups is 1. The van der Waals surface area contributed by atoms with E-state index in [1.807, 2.05) is 37.3 Å². The first-order valence-electron chi connectivity index (χ1n) is 13.1. The number of rotatable bonds is 8. The van der Waals surface area contributed by atoms with Crippen molar-refractivity contribution in [1.29, 1.82) is 0 Å². The normalized spacial score (nSPS) is 17.3. The first-order valence-corrected chi connectivity index (χ1v) is 14.4. The van der Waals surface area contributed by atoms with Crippen LogP contribution in [-0.4, -0.2) is 51.3 Å². The highest BCUT2D eigenvalue weighted by Gasteiger charge is 2.32. The largest absolute Gasteiger partial charge is 0.493 e. The molecule has 0 spiro atoms. The lowest BCUT2D eigenvalue weighted by Crippen LogP contribution is -2.30. The van der Waals surface area contributed by atoms with Gasteiger partial charge < -0.3 is 14.8 Å². The molecule has 2 aliphatic rings. The molecule has 10 heteroatoms. The SMILES string of the molecule is COc1ccc(CCN2C(=O)/C(=C\c3c(NC4CCCCC4)nc4ccc(C)cn4c3=O)SC2=S)cc1OC. The average Bonchev–Trinajstić information content (AvgIpc) is 3.21. The Bertz CT molecular complexity index is 1510. The van der Waals surface area contributed by atoms with Crippen molar-refractivity contribution in [2.75, 3.05) is 26.1 Å². The summed E-state index contributed by atoms with van der Waals surface area (Å²) in [6.07, 6.45) is 9.62. The summed E-state index contributed by atoms with van der Waals surface area (Å²) >= 11 is 6.79. The highest BCUT2D eigenvalue weighted by molar-refractivity contribution is 8.26. The number of nitrogens with one attached hydrogen (secondary N) is 1. The van der Waals surface area contributed by atoms with Gasteiger partial charge in [0, 0.05) is 18.8 Å². The zero-order valence-corrected chi connectivity index (χ0v) is 24.0. The number of aryl methyl sites for hydroxylation is 1. The number of aromatic nitrogens is 2. The van der Waals surface area contributed by atoms with Gasteiger partial charge in [-0.1, -0.05) is 55.4 Å². The van der Waals surface area contributed by atoms with Crippen molar-refractivity contribution in [3.8, 4) is 11.5 Å². The molecule has 1 N–H and O–H groups in total. The van der Waals surface area contributed by atoms with E-state index in [1.54, 1.807) is 35.8 Å². The highest BCUT2D eigenvalue weighted by Crippen LogP contribution is 2.34. The maximum Gasteiger partial charge on any atom is 0.267 e. The van der Waals surface area contributed by atoms with Gasteiger partial charge in [-0.05, 0) is 61.6 Å². The number of carbonyl (C=O) groups excluding carboxylic acids is 1. The number of amides is 1. The standard InChI is InChI=1S/C29H32N4O4S2/c1-18-9-12-25-31-26(30-20-7-5-4-6-8-20)21(27(34)33(25)17-18)16-24-28(35)32(29(38)39-24)14-13-19-10-11-22(36-2)23(15-19)37-3/h9-12,15-17,20,30H,4-8,13-14H2,1-3H3/b24-16+. The fourth-order valence-corrected chi connectivity index (χ4v) is 6.33. The van der Waals surface area contributed by atoms with Gasteiger partial charge in [0.15, 0.2) is 11.5 Å². The molecule has 0 bridgehead atoms. The number of carbonyl (C=O) groups is 1. The van der Waals surface area contributed by atoms with Crippen molar-refractivity contribution in [2.45, 2.75) is 51.5 Å². The lowest BCUT2D eigenvalue weighted by atomic mass is 9.95. The number of hydrogen-bond donors (Lipinski definition) is 1. The van der Waals surface area contributed by atoms with Crippen molar-refractivity contribution >= 4 is 51.7 Å². The van der Waals surface area contributed by atoms with Gasteiger partial charge in [-0.3, -0.25) is 18.9 Å². The van der Waals surface area contributed by atoms with Gasteiger partial charge in [0.25, 0.3) is 11.5 Å². The molecular formula is C29H32N4O4S2. The minimum atomic E-state index is -0.211. The maximum atomic E-state index is 13.7. The van der Waals surface area contributed by atoms with Crippen LogP contribution in [0.1, 0.15) is 48.8 Å². The third-order valence-corrected chi connectivity index (χ3v) is 8.55. The molecule has 3 aromatic rings. The summed E-state index contributed by atoms with van der Waals surface area (Å²) in [5.74, 6) is 1.60. The van der Waals surface area contributed by atoms with Crippen molar-refractivity contribution in [1.82, 2.24) is 14.3 Å². The Balaban J connectivity index is 1.43. The molecule has 0 atom stereocenters. The van der Waals surface area contributed by atoms with Crippen molar-refractivity contribution in [2.24, 2.45) is 0 Å². The number of fused-ring (bicyclic) bond motifs is 1. The van der Waals surface area contributed by atoms with E-state index in [0.717, 1.165) is 36.8 Å². The van der Waals surface area contributed by atoms with E-state index in [1.165, 1.54) is 18.2 Å². The molecule has 204 valence electrons. The summed E-state index contributed by atoms with van der Waals surface area (Å²) in [5, 5.41) is 3.52. The highest BCUT2D eigenvalue weighted by atomic mass is 32.2. The fraction of sp³-hybridized carbons (Fsp3) is 0.379. The summed E-state index contributed by atoms with van der Waals surface area (Å²) in [5.41, 5.74) is 2.69. The predicted molar refractivity (Wildman–Crippen MR) is 160 cm³/mol. The van der Waals surface area contributed by atoms with E-state index in [9.17, 15) is 9.59 Å². The molecule has 5 rings (SSSR count). The van der Waals surface area contributed by atoms with E-state index in [4.69, 9.17) is 26.7 Å². The van der Waals surface area contributed by atoms with Gasteiger partial charge in [0.2, 0.25) is 0 Å². The van der Waals surface area contributed by atoms with Crippen LogP contribution >= 0.6 is 24.0 Å². The Kier molecular flexibility index (Phi) is 8.23. The molecule has 1 saturated heterocycles. The zero-order chi connectivity index (χ0) is 27.5. The first-order chi connectivity index (χ1) is 18.9.